The fourth-order valence-electron chi connectivity index (χ4n) is 1.91. The average molecular weight is 232 g/mol. The molecule has 2 nitrogen and oxygen atoms in total. The minimum atomic E-state index is 0.983. The molecule has 0 unspecified atom stereocenters. The first-order valence-electron chi connectivity index (χ1n) is 5.85. The lowest BCUT2D eigenvalue weighted by Crippen LogP contribution is -1.85. The molecule has 0 atom stereocenters. The molecule has 0 spiro atoms. The average Bonchev–Trinajstić information content (AvgIpc) is 2.49. The number of rotatable bonds is 2. The van der Waals surface area contributed by atoms with Crippen LogP contribution in [0.2, 0.25) is 0 Å². The van der Waals surface area contributed by atoms with E-state index >= 15 is 0 Å². The molecule has 0 aliphatic carbocycles. The van der Waals surface area contributed by atoms with Crippen molar-refractivity contribution in [1.29, 1.82) is 0 Å². The van der Waals surface area contributed by atoms with Crippen molar-refractivity contribution >= 4 is 0 Å². The third-order valence-electron chi connectivity index (χ3n) is 2.82. The second kappa shape index (κ2) is 4.80. The first-order chi connectivity index (χ1) is 8.93. The number of hydrogen-bond donors (Lipinski definition) is 0. The molecule has 0 bridgehead atoms. The van der Waals surface area contributed by atoms with Crippen molar-refractivity contribution in [1.82, 2.24) is 9.97 Å². The van der Waals surface area contributed by atoms with E-state index in [-0.39, 0.29) is 0 Å². The van der Waals surface area contributed by atoms with Gasteiger partial charge in [0.05, 0.1) is 5.69 Å². The normalized spacial score (nSPS) is 10.2. The molecule has 0 saturated carbocycles. The van der Waals surface area contributed by atoms with Crippen LogP contribution in [-0.4, -0.2) is 9.97 Å². The van der Waals surface area contributed by atoms with E-state index in [1.807, 2.05) is 42.7 Å². The van der Waals surface area contributed by atoms with Gasteiger partial charge in [-0.25, -0.2) is 0 Å². The summed E-state index contributed by atoms with van der Waals surface area (Å²) < 4.78 is 0. The van der Waals surface area contributed by atoms with Crippen molar-refractivity contribution in [3.63, 3.8) is 0 Å². The molecule has 0 aliphatic rings. The van der Waals surface area contributed by atoms with E-state index in [1.54, 1.807) is 6.20 Å². The monoisotopic (exact) mass is 232 g/mol. The van der Waals surface area contributed by atoms with Crippen molar-refractivity contribution in [2.24, 2.45) is 0 Å². The molecule has 1 aromatic carbocycles. The molecular weight excluding hydrogens is 220 g/mol. The Morgan fingerprint density at radius 2 is 1.50 bits per heavy atom. The predicted octanol–water partition coefficient (Wildman–Crippen LogP) is 3.81. The second-order valence-corrected chi connectivity index (χ2v) is 4.04. The van der Waals surface area contributed by atoms with Gasteiger partial charge in [-0.2, -0.15) is 0 Å². The van der Waals surface area contributed by atoms with E-state index in [2.05, 4.69) is 34.2 Å². The van der Waals surface area contributed by atoms with Crippen LogP contribution in [0.4, 0.5) is 0 Å². The molecule has 3 rings (SSSR count). The summed E-state index contributed by atoms with van der Waals surface area (Å²) in [5, 5.41) is 0. The van der Waals surface area contributed by atoms with Crippen molar-refractivity contribution in [3.05, 3.63) is 73.2 Å². The molecule has 2 heterocycles. The molecule has 0 amide bonds. The molecule has 18 heavy (non-hydrogen) atoms. The maximum absolute atomic E-state index is 4.41. The van der Waals surface area contributed by atoms with Crippen LogP contribution in [-0.2, 0) is 0 Å². The van der Waals surface area contributed by atoms with Gasteiger partial charge in [-0.15, -0.1) is 0 Å². The smallest absolute Gasteiger partial charge is 0.0708 e. The quantitative estimate of drug-likeness (QED) is 0.671. The number of pyridine rings is 2. The van der Waals surface area contributed by atoms with E-state index in [4.69, 9.17) is 0 Å². The van der Waals surface area contributed by atoms with Crippen LogP contribution in [0.1, 0.15) is 0 Å². The van der Waals surface area contributed by atoms with Gasteiger partial charge in [-0.1, -0.05) is 36.4 Å². The Morgan fingerprint density at radius 3 is 2.28 bits per heavy atom. The first kappa shape index (κ1) is 10.7. The highest BCUT2D eigenvalue weighted by atomic mass is 14.7. The third kappa shape index (κ3) is 2.13. The minimum Gasteiger partial charge on any atom is -0.264 e. The Balaban J connectivity index is 2.05. The van der Waals surface area contributed by atoms with Crippen molar-refractivity contribution in [3.8, 4) is 22.4 Å². The van der Waals surface area contributed by atoms with Gasteiger partial charge in [-0.05, 0) is 23.8 Å². The van der Waals surface area contributed by atoms with Gasteiger partial charge in [0, 0.05) is 29.7 Å². The first-order valence-corrected chi connectivity index (χ1v) is 5.85. The van der Waals surface area contributed by atoms with Crippen molar-refractivity contribution in [2.45, 2.75) is 0 Å². The maximum atomic E-state index is 4.41. The zero-order valence-electron chi connectivity index (χ0n) is 9.82. The molecule has 0 aliphatic heterocycles. The van der Waals surface area contributed by atoms with Crippen LogP contribution >= 0.6 is 0 Å². The SMILES string of the molecule is c1ccc(-c2cc(-c3cccnc3)ccn2)cc1. The summed E-state index contributed by atoms with van der Waals surface area (Å²) >= 11 is 0. The highest BCUT2D eigenvalue weighted by molar-refractivity contribution is 5.69. The summed E-state index contributed by atoms with van der Waals surface area (Å²) in [4.78, 5) is 8.56. The summed E-state index contributed by atoms with van der Waals surface area (Å²) in [6, 6.07) is 18.3. The zero-order valence-corrected chi connectivity index (χ0v) is 9.82. The third-order valence-corrected chi connectivity index (χ3v) is 2.82. The van der Waals surface area contributed by atoms with E-state index in [0.717, 1.165) is 22.4 Å². The molecule has 0 radical (unpaired) electrons. The standard InChI is InChI=1S/C16H12N2/c1-2-5-13(6-3-1)16-11-14(8-10-18-16)15-7-4-9-17-12-15/h1-12H. The van der Waals surface area contributed by atoms with Gasteiger partial charge < -0.3 is 0 Å². The van der Waals surface area contributed by atoms with E-state index in [1.165, 1.54) is 0 Å². The lowest BCUT2D eigenvalue weighted by Gasteiger charge is -2.04. The Kier molecular flexibility index (Phi) is 2.84. The zero-order chi connectivity index (χ0) is 12.2. The van der Waals surface area contributed by atoms with Crippen molar-refractivity contribution < 1.29 is 0 Å². The van der Waals surface area contributed by atoms with E-state index in [9.17, 15) is 0 Å². The van der Waals surface area contributed by atoms with Gasteiger partial charge in [0.1, 0.15) is 0 Å². The van der Waals surface area contributed by atoms with Gasteiger partial charge in [0.25, 0.3) is 0 Å². The van der Waals surface area contributed by atoms with Gasteiger partial charge in [0.15, 0.2) is 0 Å². The molecular formula is C16H12N2. The van der Waals surface area contributed by atoms with Crippen LogP contribution in [0, 0.1) is 0 Å². The summed E-state index contributed by atoms with van der Waals surface area (Å²) in [5.41, 5.74) is 4.36. The molecule has 2 heteroatoms. The fraction of sp³-hybridized carbons (Fsp3) is 0. The Labute approximate surface area is 106 Å². The van der Waals surface area contributed by atoms with Gasteiger partial charge >= 0.3 is 0 Å². The summed E-state index contributed by atoms with van der Waals surface area (Å²) in [6.07, 6.45) is 5.48. The Morgan fingerprint density at radius 1 is 0.667 bits per heavy atom. The van der Waals surface area contributed by atoms with Crippen LogP contribution in [0.25, 0.3) is 22.4 Å². The van der Waals surface area contributed by atoms with Crippen LogP contribution in [0.3, 0.4) is 0 Å². The van der Waals surface area contributed by atoms with Crippen LogP contribution < -0.4 is 0 Å². The van der Waals surface area contributed by atoms with Crippen LogP contribution in [0.5, 0.6) is 0 Å². The fourth-order valence-corrected chi connectivity index (χ4v) is 1.91. The van der Waals surface area contributed by atoms with Gasteiger partial charge in [0.2, 0.25) is 0 Å². The number of aromatic nitrogens is 2. The highest BCUT2D eigenvalue weighted by Crippen LogP contribution is 2.23. The molecule has 3 aromatic rings. The lowest BCUT2D eigenvalue weighted by molar-refractivity contribution is 1.30. The largest absolute Gasteiger partial charge is 0.264 e. The Bertz CT molecular complexity index is 579. The summed E-state index contributed by atoms with van der Waals surface area (Å²) in [5.74, 6) is 0. The molecule has 0 fully saturated rings. The number of hydrogen-bond acceptors (Lipinski definition) is 2. The molecule has 86 valence electrons. The second-order valence-electron chi connectivity index (χ2n) is 4.04. The van der Waals surface area contributed by atoms with Crippen LogP contribution in [0.15, 0.2) is 73.2 Å². The predicted molar refractivity (Wildman–Crippen MR) is 72.9 cm³/mol. The van der Waals surface area contributed by atoms with E-state index < -0.39 is 0 Å². The number of benzene rings is 1. The van der Waals surface area contributed by atoms with E-state index in [0.29, 0.717) is 0 Å². The summed E-state index contributed by atoms with van der Waals surface area (Å²) in [6.45, 7) is 0. The molecule has 2 aromatic heterocycles. The summed E-state index contributed by atoms with van der Waals surface area (Å²) in [7, 11) is 0. The minimum absolute atomic E-state index is 0.983. The lowest BCUT2D eigenvalue weighted by atomic mass is 10.1. The Hall–Kier alpha value is -2.48. The number of nitrogens with zero attached hydrogens (tertiary/aromatic N) is 2. The maximum Gasteiger partial charge on any atom is 0.0708 e. The molecule has 0 N–H and O–H groups in total. The molecule has 0 saturated heterocycles. The van der Waals surface area contributed by atoms with Gasteiger partial charge in [-0.3, -0.25) is 9.97 Å². The highest BCUT2D eigenvalue weighted by Gasteiger charge is 2.01. The van der Waals surface area contributed by atoms with Crippen molar-refractivity contribution in [2.75, 3.05) is 0 Å². The topological polar surface area (TPSA) is 25.8 Å².